The standard InChI is InChI=1S/C24H12N6O8/c31-21-11-9-13-14(24(34)20(23(13)33)28-26-16-6-2-4-8-18(16)30(37)38)10-12(11)22(32)19(21)27-25-15-5-1-3-7-17(15)29(35)36/h1-10,19-20H. The maximum Gasteiger partial charge on any atom is 0.296 e. The summed E-state index contributed by atoms with van der Waals surface area (Å²) in [6.07, 6.45) is 0. The van der Waals surface area contributed by atoms with Crippen LogP contribution in [0.15, 0.2) is 81.1 Å². The predicted molar refractivity (Wildman–Crippen MR) is 127 cm³/mol. The molecule has 0 radical (unpaired) electrons. The Balaban J connectivity index is 1.44. The van der Waals surface area contributed by atoms with Gasteiger partial charge in [-0.1, -0.05) is 24.3 Å². The van der Waals surface area contributed by atoms with Gasteiger partial charge < -0.3 is 0 Å². The largest absolute Gasteiger partial charge is 0.296 e. The zero-order chi connectivity index (χ0) is 27.1. The lowest BCUT2D eigenvalue weighted by molar-refractivity contribution is -0.384. The number of nitrogens with zero attached hydrogens (tertiary/aromatic N) is 6. The molecule has 0 unspecified atom stereocenters. The summed E-state index contributed by atoms with van der Waals surface area (Å²) in [4.78, 5) is 72.6. The fourth-order valence-corrected chi connectivity index (χ4v) is 4.10. The molecule has 38 heavy (non-hydrogen) atoms. The van der Waals surface area contributed by atoms with E-state index < -0.39 is 45.1 Å². The Morgan fingerprint density at radius 3 is 1.18 bits per heavy atom. The summed E-state index contributed by atoms with van der Waals surface area (Å²) in [5.41, 5.74) is -1.68. The van der Waals surface area contributed by atoms with Crippen molar-refractivity contribution in [2.45, 2.75) is 12.1 Å². The number of para-hydroxylation sites is 2. The smallest absolute Gasteiger partial charge is 0.291 e. The first-order chi connectivity index (χ1) is 18.2. The first kappa shape index (κ1) is 24.1. The van der Waals surface area contributed by atoms with E-state index in [0.29, 0.717) is 0 Å². The molecular weight excluding hydrogens is 500 g/mol. The fraction of sp³-hybridized carbons (Fsp3) is 0.0833. The number of rotatable bonds is 6. The molecule has 0 spiro atoms. The summed E-state index contributed by atoms with van der Waals surface area (Å²) in [6, 6.07) is 9.69. The average molecular weight is 512 g/mol. The zero-order valence-corrected chi connectivity index (χ0v) is 18.9. The van der Waals surface area contributed by atoms with Crippen LogP contribution in [0.25, 0.3) is 0 Å². The normalized spacial score (nSPS) is 15.6. The van der Waals surface area contributed by atoms with Gasteiger partial charge in [-0.2, -0.15) is 10.2 Å². The van der Waals surface area contributed by atoms with Crippen LogP contribution in [0.3, 0.4) is 0 Å². The second-order valence-corrected chi connectivity index (χ2v) is 8.13. The van der Waals surface area contributed by atoms with Crippen molar-refractivity contribution < 1.29 is 29.0 Å². The average Bonchev–Trinajstić information content (AvgIpc) is 3.28. The molecular formula is C24H12N6O8. The van der Waals surface area contributed by atoms with Crippen LogP contribution < -0.4 is 0 Å². The van der Waals surface area contributed by atoms with Gasteiger partial charge in [-0.25, -0.2) is 0 Å². The first-order valence-electron chi connectivity index (χ1n) is 10.8. The molecule has 0 amide bonds. The molecule has 14 heteroatoms. The number of hydrogen-bond donors (Lipinski definition) is 0. The molecule has 2 aliphatic carbocycles. The van der Waals surface area contributed by atoms with E-state index in [1.807, 2.05) is 0 Å². The zero-order valence-electron chi connectivity index (χ0n) is 18.9. The van der Waals surface area contributed by atoms with Crippen LogP contribution in [0.2, 0.25) is 0 Å². The van der Waals surface area contributed by atoms with Crippen molar-refractivity contribution in [3.8, 4) is 0 Å². The molecule has 0 N–H and O–H groups in total. The summed E-state index contributed by atoms with van der Waals surface area (Å²) in [7, 11) is 0. The molecule has 0 atom stereocenters. The molecule has 3 aromatic carbocycles. The summed E-state index contributed by atoms with van der Waals surface area (Å²) in [6.45, 7) is 0. The lowest BCUT2D eigenvalue weighted by atomic mass is 10.0. The van der Waals surface area contributed by atoms with Crippen LogP contribution >= 0.6 is 0 Å². The Morgan fingerprint density at radius 2 is 0.868 bits per heavy atom. The number of hydrogen-bond acceptors (Lipinski definition) is 12. The topological polar surface area (TPSA) is 204 Å². The number of ketones is 4. The van der Waals surface area contributed by atoms with Crippen LogP contribution in [0.5, 0.6) is 0 Å². The molecule has 0 aliphatic heterocycles. The molecule has 186 valence electrons. The maximum atomic E-state index is 12.9. The third-order valence-corrected chi connectivity index (χ3v) is 5.93. The van der Waals surface area contributed by atoms with E-state index in [1.54, 1.807) is 0 Å². The SMILES string of the molecule is O=C1c2cc3c(cc2C(=O)C1N=Nc1ccccc1[N+](=O)[O-])C(=O)C(N=Nc1ccccc1[N+](=O)[O-])C3=O. The summed E-state index contributed by atoms with van der Waals surface area (Å²) < 4.78 is 0. The highest BCUT2D eigenvalue weighted by Crippen LogP contribution is 2.35. The van der Waals surface area contributed by atoms with Crippen molar-refractivity contribution >= 4 is 45.9 Å². The summed E-state index contributed by atoms with van der Waals surface area (Å²) in [5.74, 6) is -3.17. The number of nitro benzene ring substituents is 2. The van der Waals surface area contributed by atoms with E-state index in [4.69, 9.17) is 0 Å². The van der Waals surface area contributed by atoms with Crippen LogP contribution in [0.1, 0.15) is 41.4 Å². The number of carbonyl (C=O) groups is 4. The molecule has 2 aliphatic rings. The number of fused-ring (bicyclic) bond motifs is 2. The Hall–Kier alpha value is -5.66. The van der Waals surface area contributed by atoms with Gasteiger partial charge in [0.15, 0.2) is 46.6 Å². The van der Waals surface area contributed by atoms with Gasteiger partial charge in [0, 0.05) is 34.4 Å². The van der Waals surface area contributed by atoms with Crippen molar-refractivity contribution in [3.63, 3.8) is 0 Å². The lowest BCUT2D eigenvalue weighted by Crippen LogP contribution is -2.20. The Labute approximate surface area is 211 Å². The quantitative estimate of drug-likeness (QED) is 0.197. The van der Waals surface area contributed by atoms with Gasteiger partial charge in [-0.15, -0.1) is 10.2 Å². The van der Waals surface area contributed by atoms with Crippen molar-refractivity contribution in [3.05, 3.63) is 103 Å². The van der Waals surface area contributed by atoms with Gasteiger partial charge in [-0.05, 0) is 24.3 Å². The van der Waals surface area contributed by atoms with Crippen LogP contribution in [0, 0.1) is 20.2 Å². The van der Waals surface area contributed by atoms with Gasteiger partial charge in [0.25, 0.3) is 11.4 Å². The van der Waals surface area contributed by atoms with Crippen molar-refractivity contribution in [2.24, 2.45) is 20.5 Å². The van der Waals surface area contributed by atoms with Crippen molar-refractivity contribution in [2.75, 3.05) is 0 Å². The number of Topliss-reactive ketones (excluding diaryl/α,β-unsaturated/α-hetero) is 4. The van der Waals surface area contributed by atoms with Gasteiger partial charge in [0.2, 0.25) is 0 Å². The minimum Gasteiger partial charge on any atom is -0.291 e. The number of benzene rings is 3. The molecule has 5 rings (SSSR count). The first-order valence-corrected chi connectivity index (χ1v) is 10.8. The molecule has 14 nitrogen and oxygen atoms in total. The molecule has 0 heterocycles. The van der Waals surface area contributed by atoms with E-state index in [2.05, 4.69) is 20.5 Å². The van der Waals surface area contributed by atoms with Gasteiger partial charge >= 0.3 is 0 Å². The van der Waals surface area contributed by atoms with E-state index >= 15 is 0 Å². The highest BCUT2D eigenvalue weighted by molar-refractivity contribution is 6.34. The monoisotopic (exact) mass is 512 g/mol. The molecule has 3 aromatic rings. The third kappa shape index (κ3) is 3.85. The van der Waals surface area contributed by atoms with Crippen LogP contribution in [0.4, 0.5) is 22.7 Å². The molecule has 0 saturated heterocycles. The second kappa shape index (κ2) is 9.09. The van der Waals surface area contributed by atoms with Gasteiger partial charge in [0.1, 0.15) is 0 Å². The van der Waals surface area contributed by atoms with E-state index in [0.717, 1.165) is 12.1 Å². The lowest BCUT2D eigenvalue weighted by Gasteiger charge is -2.00. The molecule has 0 aromatic heterocycles. The van der Waals surface area contributed by atoms with Crippen LogP contribution in [-0.4, -0.2) is 45.1 Å². The highest BCUT2D eigenvalue weighted by atomic mass is 16.6. The number of azo groups is 2. The summed E-state index contributed by atoms with van der Waals surface area (Å²) >= 11 is 0. The van der Waals surface area contributed by atoms with Gasteiger partial charge in [0.05, 0.1) is 9.85 Å². The van der Waals surface area contributed by atoms with E-state index in [1.165, 1.54) is 48.5 Å². The minimum atomic E-state index is -1.63. The Morgan fingerprint density at radius 1 is 0.553 bits per heavy atom. The molecule has 0 fully saturated rings. The van der Waals surface area contributed by atoms with Gasteiger partial charge in [-0.3, -0.25) is 39.4 Å². The van der Waals surface area contributed by atoms with E-state index in [-0.39, 0.29) is 45.0 Å². The molecule has 0 saturated carbocycles. The van der Waals surface area contributed by atoms with Crippen LogP contribution in [-0.2, 0) is 0 Å². The highest BCUT2D eigenvalue weighted by Gasteiger charge is 2.45. The third-order valence-electron chi connectivity index (χ3n) is 5.93. The van der Waals surface area contributed by atoms with Crippen molar-refractivity contribution in [1.29, 1.82) is 0 Å². The fourth-order valence-electron chi connectivity index (χ4n) is 4.10. The molecule has 0 bridgehead atoms. The van der Waals surface area contributed by atoms with Crippen molar-refractivity contribution in [1.82, 2.24) is 0 Å². The number of carbonyl (C=O) groups excluding carboxylic acids is 4. The Kier molecular flexibility index (Phi) is 5.75. The maximum absolute atomic E-state index is 12.9. The minimum absolute atomic E-state index is 0.155. The predicted octanol–water partition coefficient (Wildman–Crippen LogP) is 4.57. The summed E-state index contributed by atoms with van der Waals surface area (Å²) in [5, 5.41) is 37.2. The Bertz CT molecular complexity index is 1500. The second-order valence-electron chi connectivity index (χ2n) is 8.13. The number of nitro groups is 2. The van der Waals surface area contributed by atoms with E-state index in [9.17, 15) is 39.4 Å².